The summed E-state index contributed by atoms with van der Waals surface area (Å²) < 4.78 is 4.04. The average Bonchev–Trinajstić information content (AvgIpc) is 3.89. The number of aliphatic carboxylic acids is 1. The molecule has 2 aliphatic rings. The Balaban J connectivity index is 2.18. The first kappa shape index (κ1) is 66.7. The van der Waals surface area contributed by atoms with Crippen molar-refractivity contribution in [1.82, 2.24) is 47.4 Å². The number of carboxylic acid groups (broad SMARTS) is 1. The van der Waals surface area contributed by atoms with Crippen LogP contribution >= 0.6 is 21.6 Å². The summed E-state index contributed by atoms with van der Waals surface area (Å²) in [5, 5.41) is 30.3. The lowest BCUT2D eigenvalue weighted by Crippen LogP contribution is -2.62. The highest BCUT2D eigenvalue weighted by molar-refractivity contribution is 8.77. The molecular weight excluding hydrogens is 1080 g/mol. The van der Waals surface area contributed by atoms with Gasteiger partial charge in [-0.3, -0.25) is 62.7 Å². The largest absolute Gasteiger partial charge is 0.497 e. The summed E-state index contributed by atoms with van der Waals surface area (Å²) in [5.41, 5.74) is 28.3. The topological polar surface area (TPSA) is 472 Å². The van der Waals surface area contributed by atoms with Gasteiger partial charge in [0.1, 0.15) is 54.1 Å². The molecule has 29 nitrogen and oxygen atoms in total. The Hall–Kier alpha value is -7.57. The van der Waals surface area contributed by atoms with E-state index in [0.29, 0.717) is 24.2 Å². The molecule has 1 aromatic carbocycles. The smallest absolute Gasteiger partial charge is 0.305 e. The number of ether oxygens (including phenoxy) is 1. The van der Waals surface area contributed by atoms with Crippen LogP contribution in [-0.4, -0.2) is 179 Å². The molecule has 3 rings (SSSR count). The number of fused-ring (bicyclic) bond motifs is 1. The maximum absolute atomic E-state index is 14.6. The molecule has 0 aliphatic carbocycles. The molecule has 0 bridgehead atoms. The lowest BCUT2D eigenvalue weighted by atomic mass is 9.95. The number of aliphatic imine (C=N–C) groups is 2. The maximum atomic E-state index is 14.6. The summed E-state index contributed by atoms with van der Waals surface area (Å²) >= 11 is 0. The van der Waals surface area contributed by atoms with Gasteiger partial charge < -0.3 is 85.9 Å². The van der Waals surface area contributed by atoms with Crippen LogP contribution < -0.4 is 75.9 Å². The van der Waals surface area contributed by atoms with Crippen LogP contribution in [0.25, 0.3) is 0 Å². The van der Waals surface area contributed by atoms with E-state index in [2.05, 4.69) is 52.5 Å². The van der Waals surface area contributed by atoms with Crippen LogP contribution in [0.1, 0.15) is 91.5 Å². The van der Waals surface area contributed by atoms with Crippen molar-refractivity contribution in [3.05, 3.63) is 29.8 Å². The third kappa shape index (κ3) is 21.9. The Bertz CT molecular complexity index is 2440. The molecular formula is C49H78N16O13S2. The van der Waals surface area contributed by atoms with Crippen molar-refractivity contribution in [1.29, 1.82) is 0 Å². The minimum absolute atomic E-state index is 0.00532. The lowest BCUT2D eigenvalue weighted by molar-refractivity contribution is -0.143. The zero-order valence-electron chi connectivity index (χ0n) is 45.8. The number of nitrogens with zero attached hydrogens (tertiary/aromatic N) is 3. The third-order valence-electron chi connectivity index (χ3n) is 12.9. The number of carbonyl (C=O) groups excluding carboxylic acids is 10. The van der Waals surface area contributed by atoms with E-state index in [4.69, 9.17) is 33.4 Å². The minimum atomic E-state index is -1.85. The fraction of sp³-hybridized carbons (Fsp3) is 0.612. The first-order valence-electron chi connectivity index (χ1n) is 25.9. The number of carbonyl (C=O) groups is 11. The Morgan fingerprint density at radius 3 is 1.90 bits per heavy atom. The van der Waals surface area contributed by atoms with Gasteiger partial charge >= 0.3 is 5.97 Å². The molecule has 31 heteroatoms. The second-order valence-electron chi connectivity index (χ2n) is 19.7. The maximum Gasteiger partial charge on any atom is 0.305 e. The monoisotopic (exact) mass is 1160 g/mol. The SMILES string of the molecule is CC[C@H](C)[C@@H]1NC(=O)[C@H](NC(C)=O)C(C)(C)SSC[C@@H](C(N)=O)NC(=O)[C@H](CCCN=C(N)N)NC(=O)[C@H](Cc2ccc(OC)cc2)NC(=O)[C@H](CC(=O)O)NC(=O)CNC(=O)[C@H](CCCN=C(N)N)NC(=O)[C@@H]2CCCN2C1=O. The van der Waals surface area contributed by atoms with Crippen LogP contribution in [0.2, 0.25) is 0 Å². The lowest BCUT2D eigenvalue weighted by Gasteiger charge is -2.36. The molecule has 0 saturated carbocycles. The van der Waals surface area contributed by atoms with E-state index in [0.717, 1.165) is 21.6 Å². The minimum Gasteiger partial charge on any atom is -0.497 e. The van der Waals surface area contributed by atoms with Crippen LogP contribution in [0.15, 0.2) is 34.3 Å². The van der Waals surface area contributed by atoms with Crippen molar-refractivity contribution < 1.29 is 62.6 Å². The number of amides is 10. The molecule has 2 saturated heterocycles. The molecule has 9 atom stereocenters. The Kier molecular flexibility index (Phi) is 27.1. The van der Waals surface area contributed by atoms with E-state index < -0.39 is 137 Å². The number of rotatable bonds is 17. The fourth-order valence-corrected chi connectivity index (χ4v) is 11.2. The van der Waals surface area contributed by atoms with Gasteiger partial charge in [0.15, 0.2) is 11.9 Å². The summed E-state index contributed by atoms with van der Waals surface area (Å²) in [6, 6.07) is -4.98. The first-order chi connectivity index (χ1) is 37.7. The number of hydrogen-bond donors (Lipinski definition) is 14. The molecule has 0 aromatic heterocycles. The van der Waals surface area contributed by atoms with E-state index in [1.165, 1.54) is 18.9 Å². The molecule has 444 valence electrons. The van der Waals surface area contributed by atoms with Gasteiger partial charge in [-0.2, -0.15) is 0 Å². The highest BCUT2D eigenvalue weighted by atomic mass is 33.1. The van der Waals surface area contributed by atoms with E-state index in [1.54, 1.807) is 52.0 Å². The molecule has 2 fully saturated rings. The highest BCUT2D eigenvalue weighted by Gasteiger charge is 2.44. The molecule has 1 aromatic rings. The van der Waals surface area contributed by atoms with Crippen LogP contribution in [-0.2, 0) is 59.2 Å². The molecule has 10 amide bonds. The predicted octanol–water partition coefficient (Wildman–Crippen LogP) is -3.95. The highest BCUT2D eigenvalue weighted by Crippen LogP contribution is 2.39. The number of guanidine groups is 2. The number of benzene rings is 1. The van der Waals surface area contributed by atoms with Gasteiger partial charge in [-0.15, -0.1) is 0 Å². The molecule has 0 radical (unpaired) electrons. The number of nitrogens with two attached hydrogens (primary N) is 5. The predicted molar refractivity (Wildman–Crippen MR) is 298 cm³/mol. The molecule has 0 spiro atoms. The van der Waals surface area contributed by atoms with Gasteiger partial charge in [-0.05, 0) is 76.0 Å². The summed E-state index contributed by atoms with van der Waals surface area (Å²) in [7, 11) is 3.50. The van der Waals surface area contributed by atoms with E-state index in [-0.39, 0.29) is 75.8 Å². The van der Waals surface area contributed by atoms with Crippen molar-refractivity contribution in [3.8, 4) is 5.75 Å². The van der Waals surface area contributed by atoms with Gasteiger partial charge in [-0.1, -0.05) is 54.0 Å². The molecule has 0 unspecified atom stereocenters. The third-order valence-corrected chi connectivity index (χ3v) is 16.2. The number of carboxylic acids is 1. The van der Waals surface area contributed by atoms with Crippen LogP contribution in [0.5, 0.6) is 5.75 Å². The van der Waals surface area contributed by atoms with E-state index in [9.17, 15) is 57.8 Å². The van der Waals surface area contributed by atoms with Crippen molar-refractivity contribution >= 4 is 98.5 Å². The van der Waals surface area contributed by atoms with Crippen LogP contribution in [0.3, 0.4) is 0 Å². The van der Waals surface area contributed by atoms with Crippen LogP contribution in [0, 0.1) is 5.92 Å². The Morgan fingerprint density at radius 2 is 1.35 bits per heavy atom. The zero-order valence-corrected chi connectivity index (χ0v) is 47.4. The van der Waals surface area contributed by atoms with Crippen LogP contribution in [0.4, 0.5) is 0 Å². The van der Waals surface area contributed by atoms with Gasteiger partial charge in [0.2, 0.25) is 59.1 Å². The van der Waals surface area contributed by atoms with E-state index in [1.807, 2.05) is 0 Å². The molecule has 80 heavy (non-hydrogen) atoms. The van der Waals surface area contributed by atoms with Crippen molar-refractivity contribution in [2.45, 2.75) is 145 Å². The quantitative estimate of drug-likeness (QED) is 0.0306. The summed E-state index contributed by atoms with van der Waals surface area (Å²) in [6.07, 6.45) is -0.337. The summed E-state index contributed by atoms with van der Waals surface area (Å²) in [6.45, 7) is 7.27. The number of primary amides is 1. The number of nitrogens with one attached hydrogen (secondary N) is 8. The van der Waals surface area contributed by atoms with Crippen molar-refractivity contribution in [2.75, 3.05) is 39.0 Å². The Labute approximate surface area is 471 Å². The fourth-order valence-electron chi connectivity index (χ4n) is 8.41. The molecule has 19 N–H and O–H groups in total. The van der Waals surface area contributed by atoms with Crippen molar-refractivity contribution in [2.24, 2.45) is 44.6 Å². The van der Waals surface area contributed by atoms with Gasteiger partial charge in [-0.25, -0.2) is 0 Å². The van der Waals surface area contributed by atoms with Crippen molar-refractivity contribution in [3.63, 3.8) is 0 Å². The standard InChI is InChI=1S/C49H78N16O13S2/c1-7-25(2)37-46(77)65-20-10-13-34(65)44(75)61-29(11-8-18-55-47(51)52)40(71)57-23-35(67)59-32(22-36(68)69)43(74)62-31(21-27-14-16-28(78-6)17-15-27)42(73)60-30(12-9-19-56-48(53)54)41(72)63-33(39(50)70)24-79-80-49(4,5)38(45(76)64-37)58-26(3)66/h14-17,25,29-34,37-38H,7-13,18-24H2,1-6H3,(H2,50,70)(H,57,71)(H,58,66)(H,59,67)(H,60,73)(H,61,75)(H,62,74)(H,63,72)(H,64,76)(H,68,69)(H4,51,52,55)(H4,53,54,56)/t25-,29-,30-,31-,32-,33-,34-,37-,38-/m0/s1. The first-order valence-corrected chi connectivity index (χ1v) is 28.2. The molecule has 2 aliphatic heterocycles. The summed E-state index contributed by atoms with van der Waals surface area (Å²) in [4.78, 5) is 160. The van der Waals surface area contributed by atoms with Gasteiger partial charge in [0.25, 0.3) is 0 Å². The van der Waals surface area contributed by atoms with E-state index >= 15 is 0 Å². The second kappa shape index (κ2) is 32.5. The summed E-state index contributed by atoms with van der Waals surface area (Å²) in [5.74, 6) is -11.0. The average molecular weight is 1160 g/mol. The van der Waals surface area contributed by atoms with Gasteiger partial charge in [0, 0.05) is 43.5 Å². The normalized spacial score (nSPS) is 24.6. The second-order valence-corrected chi connectivity index (χ2v) is 22.7. The zero-order chi connectivity index (χ0) is 59.9. The Morgan fingerprint density at radius 1 is 0.787 bits per heavy atom. The van der Waals surface area contributed by atoms with Gasteiger partial charge in [0.05, 0.1) is 20.1 Å². The number of methoxy groups -OCH3 is 1. The number of hydrogen-bond acceptors (Lipinski definition) is 16. The molecule has 2 heterocycles.